The van der Waals surface area contributed by atoms with Gasteiger partial charge in [0.15, 0.2) is 12.4 Å². The summed E-state index contributed by atoms with van der Waals surface area (Å²) in [5.41, 5.74) is 0.217. The molecule has 0 spiro atoms. The second-order valence-electron chi connectivity index (χ2n) is 6.06. The molecule has 152 valence electrons. The summed E-state index contributed by atoms with van der Waals surface area (Å²) in [6.07, 6.45) is 0. The summed E-state index contributed by atoms with van der Waals surface area (Å²) >= 11 is 1.28. The van der Waals surface area contributed by atoms with Gasteiger partial charge in [-0.2, -0.15) is 5.26 Å². The summed E-state index contributed by atoms with van der Waals surface area (Å²) in [6, 6.07) is 12.9. The number of rotatable bonds is 6. The van der Waals surface area contributed by atoms with Crippen molar-refractivity contribution in [2.24, 2.45) is 0 Å². The Morgan fingerprint density at radius 3 is 2.63 bits per heavy atom. The number of para-hydroxylation sites is 1. The lowest BCUT2D eigenvalue weighted by molar-refractivity contribution is -0.385. The third-order valence-electron chi connectivity index (χ3n) is 4.29. The van der Waals surface area contributed by atoms with E-state index in [0.29, 0.717) is 5.03 Å². The first-order valence-electron chi connectivity index (χ1n) is 8.55. The molecule has 2 aromatic rings. The number of anilines is 1. The number of ether oxygens (including phenoxy) is 2. The van der Waals surface area contributed by atoms with Gasteiger partial charge in [0.2, 0.25) is 5.78 Å². The Morgan fingerprint density at radius 2 is 2.00 bits per heavy atom. The predicted octanol–water partition coefficient (Wildman–Crippen LogP) is 3.31. The fraction of sp³-hybridized carbons (Fsp3) is 0.150. The third kappa shape index (κ3) is 3.97. The number of benzene rings is 2. The summed E-state index contributed by atoms with van der Waals surface area (Å²) in [4.78, 5) is 37.8. The lowest BCUT2D eigenvalue weighted by atomic mass is 10.2. The second kappa shape index (κ2) is 8.67. The lowest BCUT2D eigenvalue weighted by Crippen LogP contribution is -2.20. The van der Waals surface area contributed by atoms with Crippen LogP contribution < -0.4 is 9.64 Å². The summed E-state index contributed by atoms with van der Waals surface area (Å²) in [5, 5.41) is 21.0. The van der Waals surface area contributed by atoms with E-state index in [9.17, 15) is 25.0 Å². The van der Waals surface area contributed by atoms with E-state index in [1.54, 1.807) is 11.9 Å². The molecule has 0 aliphatic carbocycles. The Labute approximate surface area is 175 Å². The highest BCUT2D eigenvalue weighted by molar-refractivity contribution is 8.03. The number of carbonyl (C=O) groups is 2. The molecule has 0 unspecified atom stereocenters. The number of nitrogens with zero attached hydrogens (tertiary/aromatic N) is 3. The monoisotopic (exact) mass is 425 g/mol. The summed E-state index contributed by atoms with van der Waals surface area (Å²) in [5.74, 6) is -1.60. The van der Waals surface area contributed by atoms with E-state index in [1.807, 2.05) is 30.3 Å². The van der Waals surface area contributed by atoms with Gasteiger partial charge in [0.25, 0.3) is 0 Å². The quantitative estimate of drug-likeness (QED) is 0.225. The average molecular weight is 425 g/mol. The topological polar surface area (TPSA) is 123 Å². The fourth-order valence-corrected chi connectivity index (χ4v) is 3.96. The molecule has 0 aromatic heterocycles. The first kappa shape index (κ1) is 20.9. The maximum atomic E-state index is 12.5. The van der Waals surface area contributed by atoms with Crippen molar-refractivity contribution in [3.05, 3.63) is 68.7 Å². The molecule has 9 nitrogen and oxygen atoms in total. The van der Waals surface area contributed by atoms with Gasteiger partial charge in [-0.1, -0.05) is 23.9 Å². The van der Waals surface area contributed by atoms with Crippen molar-refractivity contribution in [3.8, 4) is 11.8 Å². The van der Waals surface area contributed by atoms with E-state index in [1.165, 1.54) is 31.0 Å². The maximum Gasteiger partial charge on any atom is 0.338 e. The largest absolute Gasteiger partial charge is 0.490 e. The molecule has 1 aliphatic rings. The van der Waals surface area contributed by atoms with Gasteiger partial charge in [-0.25, -0.2) is 4.79 Å². The van der Waals surface area contributed by atoms with E-state index < -0.39 is 29.0 Å². The van der Waals surface area contributed by atoms with Crippen LogP contribution in [0.1, 0.15) is 10.4 Å². The molecule has 10 heteroatoms. The van der Waals surface area contributed by atoms with E-state index in [4.69, 9.17) is 9.47 Å². The van der Waals surface area contributed by atoms with Crippen molar-refractivity contribution in [1.29, 1.82) is 5.26 Å². The molecule has 0 bridgehead atoms. The molecule has 1 heterocycles. The van der Waals surface area contributed by atoms with Crippen LogP contribution in [0.2, 0.25) is 0 Å². The highest BCUT2D eigenvalue weighted by atomic mass is 32.2. The minimum absolute atomic E-state index is 0.00927. The predicted molar refractivity (Wildman–Crippen MR) is 108 cm³/mol. The van der Waals surface area contributed by atoms with E-state index in [2.05, 4.69) is 0 Å². The number of ketones is 1. The molecule has 0 saturated carbocycles. The smallest absolute Gasteiger partial charge is 0.338 e. The molecule has 30 heavy (non-hydrogen) atoms. The highest BCUT2D eigenvalue weighted by Gasteiger charge is 2.28. The van der Waals surface area contributed by atoms with Gasteiger partial charge >= 0.3 is 11.7 Å². The molecule has 0 atom stereocenters. The van der Waals surface area contributed by atoms with Gasteiger partial charge in [-0.3, -0.25) is 14.9 Å². The number of nitriles is 1. The standard InChI is InChI=1S/C20H15N3O6S/c1-22-14-5-3-4-6-18(14)30-19(22)13(10-21)16(24)11-29-20(25)12-7-8-17(28-2)15(9-12)23(26)27/h3-9H,11H2,1-2H3/b19-13-. The fourth-order valence-electron chi connectivity index (χ4n) is 2.80. The summed E-state index contributed by atoms with van der Waals surface area (Å²) in [7, 11) is 3.01. The normalized spacial score (nSPS) is 13.8. The molecular formula is C20H15N3O6S. The van der Waals surface area contributed by atoms with Crippen LogP contribution in [0.4, 0.5) is 11.4 Å². The molecular weight excluding hydrogens is 410 g/mol. The van der Waals surface area contributed by atoms with Crippen LogP contribution in [0.15, 0.2) is 58.0 Å². The molecule has 0 fully saturated rings. The molecule has 1 aliphatic heterocycles. The van der Waals surface area contributed by atoms with Gasteiger partial charge in [0.1, 0.15) is 16.7 Å². The Morgan fingerprint density at radius 1 is 1.27 bits per heavy atom. The van der Waals surface area contributed by atoms with E-state index in [0.717, 1.165) is 16.6 Å². The zero-order chi connectivity index (χ0) is 21.8. The Hall–Kier alpha value is -3.84. The second-order valence-corrected chi connectivity index (χ2v) is 7.09. The van der Waals surface area contributed by atoms with Crippen molar-refractivity contribution in [3.63, 3.8) is 0 Å². The molecule has 2 aromatic carbocycles. The molecule has 0 saturated heterocycles. The first-order chi connectivity index (χ1) is 14.4. The number of nitro groups is 1. The zero-order valence-corrected chi connectivity index (χ0v) is 16.8. The number of fused-ring (bicyclic) bond motifs is 1. The van der Waals surface area contributed by atoms with Crippen LogP contribution in [-0.4, -0.2) is 37.4 Å². The molecule has 0 radical (unpaired) electrons. The highest BCUT2D eigenvalue weighted by Crippen LogP contribution is 2.46. The van der Waals surface area contributed by atoms with Crippen molar-refractivity contribution in [2.45, 2.75) is 4.90 Å². The van der Waals surface area contributed by atoms with Crippen LogP contribution in [0.5, 0.6) is 5.75 Å². The minimum atomic E-state index is -0.924. The van der Waals surface area contributed by atoms with Crippen LogP contribution >= 0.6 is 11.8 Å². The summed E-state index contributed by atoms with van der Waals surface area (Å²) < 4.78 is 9.87. The number of esters is 1. The van der Waals surface area contributed by atoms with Crippen LogP contribution in [0, 0.1) is 21.4 Å². The number of nitro benzene ring substituents is 1. The number of carbonyl (C=O) groups excluding carboxylic acids is 2. The Kier molecular flexibility index (Phi) is 6.03. The van der Waals surface area contributed by atoms with Crippen LogP contribution in [-0.2, 0) is 9.53 Å². The van der Waals surface area contributed by atoms with Gasteiger partial charge in [-0.15, -0.1) is 0 Å². The SMILES string of the molecule is COc1ccc(C(=O)OCC(=O)/C(C#N)=C2\Sc3ccccc3N2C)cc1[N+](=O)[O-]. The summed E-state index contributed by atoms with van der Waals surface area (Å²) in [6.45, 7) is -0.671. The molecule has 3 rings (SSSR count). The van der Waals surface area contributed by atoms with Crippen LogP contribution in [0.25, 0.3) is 0 Å². The minimum Gasteiger partial charge on any atom is -0.490 e. The first-order valence-corrected chi connectivity index (χ1v) is 9.36. The molecule has 0 N–H and O–H groups in total. The maximum absolute atomic E-state index is 12.5. The number of thioether (sulfide) groups is 1. The number of hydrogen-bond acceptors (Lipinski definition) is 9. The van der Waals surface area contributed by atoms with Crippen molar-refractivity contribution in [2.75, 3.05) is 25.7 Å². The average Bonchev–Trinajstić information content (AvgIpc) is 3.08. The number of hydrogen-bond donors (Lipinski definition) is 0. The van der Waals surface area contributed by atoms with Crippen LogP contribution in [0.3, 0.4) is 0 Å². The van der Waals surface area contributed by atoms with E-state index >= 15 is 0 Å². The molecule has 0 amide bonds. The Bertz CT molecular complexity index is 1120. The zero-order valence-electron chi connectivity index (χ0n) is 15.9. The van der Waals surface area contributed by atoms with Gasteiger partial charge in [0.05, 0.1) is 23.3 Å². The van der Waals surface area contributed by atoms with Gasteiger partial charge in [-0.05, 0) is 24.3 Å². The van der Waals surface area contributed by atoms with Crippen molar-refractivity contribution in [1.82, 2.24) is 0 Å². The number of Topliss-reactive ketones (excluding diaryl/α,β-unsaturated/α-hetero) is 1. The Balaban J connectivity index is 1.75. The lowest BCUT2D eigenvalue weighted by Gasteiger charge is -2.14. The van der Waals surface area contributed by atoms with Gasteiger partial charge in [0, 0.05) is 18.0 Å². The van der Waals surface area contributed by atoms with Crippen molar-refractivity contribution >= 4 is 34.9 Å². The van der Waals surface area contributed by atoms with Gasteiger partial charge < -0.3 is 14.4 Å². The number of methoxy groups -OCH3 is 1. The van der Waals surface area contributed by atoms with Crippen molar-refractivity contribution < 1.29 is 24.0 Å². The third-order valence-corrected chi connectivity index (χ3v) is 5.52. The van der Waals surface area contributed by atoms with E-state index in [-0.39, 0.29) is 16.9 Å².